The quantitative estimate of drug-likeness (QED) is 0.714. The number of aliphatic carboxylic acids is 1. The van der Waals surface area contributed by atoms with E-state index in [0.717, 1.165) is 45.1 Å². The summed E-state index contributed by atoms with van der Waals surface area (Å²) in [5.74, 6) is -0.944. The first-order chi connectivity index (χ1) is 9.18. The van der Waals surface area contributed by atoms with Gasteiger partial charge in [-0.2, -0.15) is 0 Å². The molecule has 19 heavy (non-hydrogen) atoms. The average molecular weight is 268 g/mol. The second-order valence-corrected chi connectivity index (χ2v) is 5.77. The molecule has 0 bridgehead atoms. The third-order valence-corrected chi connectivity index (χ3v) is 4.35. The molecule has 0 aromatic rings. The van der Waals surface area contributed by atoms with Crippen molar-refractivity contribution in [1.82, 2.24) is 10.6 Å². The molecule has 1 amide bonds. The monoisotopic (exact) mass is 268 g/mol. The number of nitrogens with one attached hydrogen (secondary N) is 2. The molecule has 1 aliphatic heterocycles. The number of carbonyl (C=O) groups excluding carboxylic acids is 1. The summed E-state index contributed by atoms with van der Waals surface area (Å²) in [5, 5.41) is 15.3. The van der Waals surface area contributed by atoms with E-state index in [1.807, 2.05) is 0 Å². The fraction of sp³-hybridized carbons (Fsp3) is 0.857. The van der Waals surface area contributed by atoms with Gasteiger partial charge in [-0.1, -0.05) is 19.3 Å². The van der Waals surface area contributed by atoms with Crippen molar-refractivity contribution in [3.05, 3.63) is 0 Å². The van der Waals surface area contributed by atoms with Gasteiger partial charge >= 0.3 is 5.97 Å². The van der Waals surface area contributed by atoms with E-state index in [2.05, 4.69) is 10.6 Å². The Labute approximate surface area is 114 Å². The van der Waals surface area contributed by atoms with E-state index >= 15 is 0 Å². The van der Waals surface area contributed by atoms with Crippen LogP contribution in [0, 0.1) is 11.8 Å². The predicted octanol–water partition coefficient (Wildman–Crippen LogP) is 1.14. The van der Waals surface area contributed by atoms with Crippen molar-refractivity contribution in [2.45, 2.75) is 51.0 Å². The molecule has 2 fully saturated rings. The van der Waals surface area contributed by atoms with Crippen LogP contribution in [0.25, 0.3) is 0 Å². The zero-order chi connectivity index (χ0) is 13.7. The molecule has 1 saturated carbocycles. The number of carboxylic acid groups (broad SMARTS) is 1. The first-order valence-corrected chi connectivity index (χ1v) is 7.42. The van der Waals surface area contributed by atoms with E-state index in [0.29, 0.717) is 6.54 Å². The Hall–Kier alpha value is -1.10. The Morgan fingerprint density at radius 3 is 2.42 bits per heavy atom. The lowest BCUT2D eigenvalue weighted by molar-refractivity contribution is -0.144. The molecular formula is C14H24N2O3. The van der Waals surface area contributed by atoms with Crippen LogP contribution < -0.4 is 10.6 Å². The number of hydrogen-bond donors (Lipinski definition) is 3. The van der Waals surface area contributed by atoms with Crippen LogP contribution >= 0.6 is 0 Å². The number of rotatable bonds is 4. The summed E-state index contributed by atoms with van der Waals surface area (Å²) in [5.41, 5.74) is 0. The molecule has 0 aromatic carbocycles. The van der Waals surface area contributed by atoms with Gasteiger partial charge in [-0.05, 0) is 38.1 Å². The lowest BCUT2D eigenvalue weighted by Gasteiger charge is -2.30. The number of piperidine rings is 1. The van der Waals surface area contributed by atoms with Crippen molar-refractivity contribution in [3.63, 3.8) is 0 Å². The smallest absolute Gasteiger partial charge is 0.326 e. The summed E-state index contributed by atoms with van der Waals surface area (Å²) < 4.78 is 0. The van der Waals surface area contributed by atoms with Crippen molar-refractivity contribution in [1.29, 1.82) is 0 Å². The highest BCUT2D eigenvalue weighted by molar-refractivity contribution is 5.85. The van der Waals surface area contributed by atoms with Gasteiger partial charge in [0.15, 0.2) is 0 Å². The highest BCUT2D eigenvalue weighted by Gasteiger charge is 2.32. The molecule has 1 saturated heterocycles. The van der Waals surface area contributed by atoms with Crippen molar-refractivity contribution in [2.24, 2.45) is 11.8 Å². The van der Waals surface area contributed by atoms with Gasteiger partial charge in [0.2, 0.25) is 5.91 Å². The number of amides is 1. The van der Waals surface area contributed by atoms with Gasteiger partial charge in [-0.15, -0.1) is 0 Å². The Morgan fingerprint density at radius 2 is 1.84 bits per heavy atom. The maximum absolute atomic E-state index is 12.1. The lowest BCUT2D eigenvalue weighted by Crippen LogP contribution is -2.50. The zero-order valence-electron chi connectivity index (χ0n) is 11.4. The van der Waals surface area contributed by atoms with Crippen LogP contribution in [0.3, 0.4) is 0 Å². The summed E-state index contributed by atoms with van der Waals surface area (Å²) in [4.78, 5) is 23.5. The van der Waals surface area contributed by atoms with E-state index in [9.17, 15) is 14.7 Å². The van der Waals surface area contributed by atoms with Crippen LogP contribution in [-0.4, -0.2) is 36.1 Å². The lowest BCUT2D eigenvalue weighted by atomic mass is 9.83. The Bertz CT molecular complexity index is 321. The molecule has 108 valence electrons. The molecule has 2 aliphatic rings. The summed E-state index contributed by atoms with van der Waals surface area (Å²) in [6, 6.07) is -0.699. The Morgan fingerprint density at radius 1 is 1.11 bits per heavy atom. The summed E-state index contributed by atoms with van der Waals surface area (Å²) >= 11 is 0. The van der Waals surface area contributed by atoms with Crippen molar-refractivity contribution >= 4 is 11.9 Å². The first kappa shape index (κ1) is 14.3. The minimum Gasteiger partial charge on any atom is -0.480 e. The highest BCUT2D eigenvalue weighted by atomic mass is 16.4. The second kappa shape index (κ2) is 6.89. The molecule has 1 unspecified atom stereocenters. The molecular weight excluding hydrogens is 244 g/mol. The van der Waals surface area contributed by atoms with E-state index in [-0.39, 0.29) is 17.7 Å². The first-order valence-electron chi connectivity index (χ1n) is 7.42. The highest BCUT2D eigenvalue weighted by Crippen LogP contribution is 2.27. The molecule has 5 heteroatoms. The minimum atomic E-state index is -0.885. The van der Waals surface area contributed by atoms with Gasteiger partial charge in [0.25, 0.3) is 0 Å². The largest absolute Gasteiger partial charge is 0.480 e. The Balaban J connectivity index is 1.91. The van der Waals surface area contributed by atoms with E-state index < -0.39 is 12.0 Å². The van der Waals surface area contributed by atoms with Gasteiger partial charge in [-0.25, -0.2) is 4.79 Å². The van der Waals surface area contributed by atoms with Crippen molar-refractivity contribution in [3.8, 4) is 0 Å². The number of carbonyl (C=O) groups is 2. The number of hydrogen-bond acceptors (Lipinski definition) is 3. The minimum absolute atomic E-state index is 0.0702. The topological polar surface area (TPSA) is 78.4 Å². The molecule has 0 aromatic heterocycles. The third-order valence-electron chi connectivity index (χ3n) is 4.35. The van der Waals surface area contributed by atoms with Gasteiger partial charge in [0.05, 0.1) is 5.92 Å². The van der Waals surface area contributed by atoms with Crippen LogP contribution in [-0.2, 0) is 9.59 Å². The number of carboxylic acids is 1. The molecule has 1 aliphatic carbocycles. The van der Waals surface area contributed by atoms with E-state index in [4.69, 9.17) is 0 Å². The summed E-state index contributed by atoms with van der Waals surface area (Å²) in [7, 11) is 0. The molecule has 1 heterocycles. The van der Waals surface area contributed by atoms with Gasteiger partial charge in [0, 0.05) is 6.54 Å². The molecule has 0 spiro atoms. The van der Waals surface area contributed by atoms with E-state index in [1.54, 1.807) is 0 Å². The normalized spacial score (nSPS) is 26.6. The van der Waals surface area contributed by atoms with Crippen LogP contribution in [0.2, 0.25) is 0 Å². The maximum atomic E-state index is 12.1. The zero-order valence-corrected chi connectivity index (χ0v) is 11.4. The predicted molar refractivity (Wildman–Crippen MR) is 71.7 cm³/mol. The van der Waals surface area contributed by atoms with E-state index in [1.165, 1.54) is 6.42 Å². The molecule has 5 nitrogen and oxygen atoms in total. The fourth-order valence-corrected chi connectivity index (χ4v) is 3.20. The molecule has 2 rings (SSSR count). The van der Waals surface area contributed by atoms with Crippen LogP contribution in [0.15, 0.2) is 0 Å². The Kier molecular flexibility index (Phi) is 5.19. The average Bonchev–Trinajstić information content (AvgIpc) is 2.46. The fourth-order valence-electron chi connectivity index (χ4n) is 3.20. The maximum Gasteiger partial charge on any atom is 0.326 e. The summed E-state index contributed by atoms with van der Waals surface area (Å²) in [6.45, 7) is 1.62. The van der Waals surface area contributed by atoms with Gasteiger partial charge < -0.3 is 15.7 Å². The van der Waals surface area contributed by atoms with Gasteiger partial charge in [-0.3, -0.25) is 4.79 Å². The molecule has 2 atom stereocenters. The molecule has 3 N–H and O–H groups in total. The standard InChI is InChI=1S/C14H24N2O3/c17-13(11-7-4-8-15-9-11)16-12(14(18)19)10-5-2-1-3-6-10/h10-12,15H,1-9H2,(H,16,17)(H,18,19)/t11-,12?/m0/s1. The van der Waals surface area contributed by atoms with Crippen LogP contribution in [0.4, 0.5) is 0 Å². The van der Waals surface area contributed by atoms with Crippen LogP contribution in [0.1, 0.15) is 44.9 Å². The van der Waals surface area contributed by atoms with Crippen molar-refractivity contribution < 1.29 is 14.7 Å². The van der Waals surface area contributed by atoms with Crippen LogP contribution in [0.5, 0.6) is 0 Å². The molecule has 0 radical (unpaired) electrons. The second-order valence-electron chi connectivity index (χ2n) is 5.77. The SMILES string of the molecule is O=C(O)C(NC(=O)[C@H]1CCCNC1)C1CCCCC1. The third kappa shape index (κ3) is 3.93. The summed E-state index contributed by atoms with van der Waals surface area (Å²) in [6.07, 6.45) is 7.02. The van der Waals surface area contributed by atoms with Gasteiger partial charge in [0.1, 0.15) is 6.04 Å². The van der Waals surface area contributed by atoms with Crippen molar-refractivity contribution in [2.75, 3.05) is 13.1 Å².